The van der Waals surface area contributed by atoms with E-state index in [4.69, 9.17) is 16.6 Å². The Morgan fingerprint density at radius 3 is 2.93 bits per heavy atom. The molecule has 14 heavy (non-hydrogen) atoms. The molecule has 0 spiro atoms. The van der Waals surface area contributed by atoms with Gasteiger partial charge in [-0.3, -0.25) is 9.67 Å². The third kappa shape index (κ3) is 1.48. The molecule has 2 heterocycles. The molecule has 0 aliphatic carbocycles. The molecule has 2 aromatic rings. The molecule has 0 aliphatic heterocycles. The lowest BCUT2D eigenvalue weighted by Gasteiger charge is -2.06. The van der Waals surface area contributed by atoms with Crippen molar-refractivity contribution in [1.82, 2.24) is 19.7 Å². The number of aromatic nitrogens is 4. The molecule has 0 amide bonds. The molecule has 0 fully saturated rings. The van der Waals surface area contributed by atoms with Crippen LogP contribution in [-0.4, -0.2) is 19.7 Å². The second kappa shape index (κ2) is 3.38. The van der Waals surface area contributed by atoms with E-state index in [1.54, 1.807) is 17.1 Å². The molecule has 0 aliphatic rings. The minimum atomic E-state index is -0.0325. The Bertz CT molecular complexity index is 483. The normalized spacial score (nSPS) is 13.0. The third-order valence-electron chi connectivity index (χ3n) is 1.99. The maximum absolute atomic E-state index is 5.40. The summed E-state index contributed by atoms with van der Waals surface area (Å²) in [6, 6.07) is -0.0325. The van der Waals surface area contributed by atoms with Gasteiger partial charge in [0.1, 0.15) is 18.1 Å². The molecule has 0 saturated heterocycles. The van der Waals surface area contributed by atoms with E-state index in [-0.39, 0.29) is 6.04 Å². The number of nitrogens with one attached hydrogen (secondary N) is 1. The third-order valence-corrected chi connectivity index (χ3v) is 2.29. The van der Waals surface area contributed by atoms with Gasteiger partial charge in [-0.25, -0.2) is 4.98 Å². The molecular formula is C8H10N4OS. The molecular weight excluding hydrogens is 200 g/mol. The predicted octanol–water partition coefficient (Wildman–Crippen LogP) is 1.85. The topological polar surface area (TPSA) is 59.6 Å². The van der Waals surface area contributed by atoms with E-state index in [9.17, 15) is 0 Å². The summed E-state index contributed by atoms with van der Waals surface area (Å²) >= 11 is 5.04. The van der Waals surface area contributed by atoms with Crippen molar-refractivity contribution in [2.75, 3.05) is 0 Å². The van der Waals surface area contributed by atoms with E-state index in [2.05, 4.69) is 15.2 Å². The van der Waals surface area contributed by atoms with Crippen LogP contribution in [-0.2, 0) is 0 Å². The molecule has 2 rings (SSSR count). The van der Waals surface area contributed by atoms with E-state index in [0.29, 0.717) is 10.7 Å². The average molecular weight is 210 g/mol. The predicted molar refractivity (Wildman–Crippen MR) is 52.5 cm³/mol. The lowest BCUT2D eigenvalue weighted by molar-refractivity contribution is 0.413. The fourth-order valence-electron chi connectivity index (χ4n) is 1.22. The van der Waals surface area contributed by atoms with Gasteiger partial charge in [0.25, 0.3) is 0 Å². The standard InChI is InChI=1S/C8H10N4OS/c1-5-3-9-7(13-5)6(2)12-4-10-11-8(12)14/h3-4,6H,1-2H3,(H,11,14). The smallest absolute Gasteiger partial charge is 0.217 e. The van der Waals surface area contributed by atoms with E-state index < -0.39 is 0 Å². The summed E-state index contributed by atoms with van der Waals surface area (Å²) in [6.07, 6.45) is 3.32. The van der Waals surface area contributed by atoms with Crippen LogP contribution in [0, 0.1) is 11.7 Å². The lowest BCUT2D eigenvalue weighted by atomic mass is 10.3. The summed E-state index contributed by atoms with van der Waals surface area (Å²) in [7, 11) is 0. The van der Waals surface area contributed by atoms with Gasteiger partial charge in [0.2, 0.25) is 5.89 Å². The zero-order valence-corrected chi connectivity index (χ0v) is 8.71. The van der Waals surface area contributed by atoms with E-state index in [1.165, 1.54) is 0 Å². The molecule has 0 radical (unpaired) electrons. The van der Waals surface area contributed by atoms with Crippen LogP contribution in [0.1, 0.15) is 24.6 Å². The van der Waals surface area contributed by atoms with Crippen molar-refractivity contribution in [1.29, 1.82) is 0 Å². The summed E-state index contributed by atoms with van der Waals surface area (Å²) in [5, 5.41) is 6.52. The monoisotopic (exact) mass is 210 g/mol. The van der Waals surface area contributed by atoms with Crippen molar-refractivity contribution in [3.8, 4) is 0 Å². The van der Waals surface area contributed by atoms with Crippen LogP contribution in [0.25, 0.3) is 0 Å². The number of hydrogen-bond donors (Lipinski definition) is 1. The Hall–Kier alpha value is -1.43. The largest absolute Gasteiger partial charge is 0.444 e. The average Bonchev–Trinajstić information content (AvgIpc) is 2.73. The summed E-state index contributed by atoms with van der Waals surface area (Å²) in [6.45, 7) is 3.81. The summed E-state index contributed by atoms with van der Waals surface area (Å²) in [5.74, 6) is 1.43. The molecule has 2 aromatic heterocycles. The number of H-pyrrole nitrogens is 1. The van der Waals surface area contributed by atoms with Crippen molar-refractivity contribution in [2.45, 2.75) is 19.9 Å². The molecule has 6 heteroatoms. The van der Waals surface area contributed by atoms with Crippen LogP contribution in [0.5, 0.6) is 0 Å². The van der Waals surface area contributed by atoms with Gasteiger partial charge in [-0.15, -0.1) is 0 Å². The van der Waals surface area contributed by atoms with Crippen molar-refractivity contribution < 1.29 is 4.42 Å². The van der Waals surface area contributed by atoms with Crippen LogP contribution in [0.15, 0.2) is 16.9 Å². The van der Waals surface area contributed by atoms with Crippen LogP contribution in [0.3, 0.4) is 0 Å². The first-order valence-corrected chi connectivity index (χ1v) is 4.63. The maximum atomic E-state index is 5.40. The molecule has 74 valence electrons. The van der Waals surface area contributed by atoms with Gasteiger partial charge in [-0.05, 0) is 26.1 Å². The minimum Gasteiger partial charge on any atom is -0.444 e. The molecule has 0 bridgehead atoms. The lowest BCUT2D eigenvalue weighted by Crippen LogP contribution is -2.05. The maximum Gasteiger partial charge on any atom is 0.217 e. The van der Waals surface area contributed by atoms with Crippen LogP contribution in [0.2, 0.25) is 0 Å². The Balaban J connectivity index is 2.38. The molecule has 0 saturated carbocycles. The second-order valence-corrected chi connectivity index (χ2v) is 3.44. The van der Waals surface area contributed by atoms with Gasteiger partial charge in [0.05, 0.1) is 6.20 Å². The first kappa shape index (κ1) is 9.14. The second-order valence-electron chi connectivity index (χ2n) is 3.05. The number of hydrogen-bond acceptors (Lipinski definition) is 4. The molecule has 0 aromatic carbocycles. The van der Waals surface area contributed by atoms with Gasteiger partial charge >= 0.3 is 0 Å². The Morgan fingerprint density at radius 2 is 2.43 bits per heavy atom. The Morgan fingerprint density at radius 1 is 1.64 bits per heavy atom. The zero-order valence-electron chi connectivity index (χ0n) is 7.89. The number of oxazole rings is 1. The van der Waals surface area contributed by atoms with E-state index in [1.807, 2.05) is 13.8 Å². The van der Waals surface area contributed by atoms with Crippen molar-refractivity contribution in [3.63, 3.8) is 0 Å². The minimum absolute atomic E-state index is 0.0325. The Labute approximate surface area is 85.8 Å². The molecule has 5 nitrogen and oxygen atoms in total. The molecule has 1 atom stereocenters. The fourth-order valence-corrected chi connectivity index (χ4v) is 1.47. The summed E-state index contributed by atoms with van der Waals surface area (Å²) in [4.78, 5) is 4.14. The number of nitrogens with zero attached hydrogens (tertiary/aromatic N) is 3. The van der Waals surface area contributed by atoms with Gasteiger partial charge in [0, 0.05) is 0 Å². The van der Waals surface area contributed by atoms with Gasteiger partial charge in [0.15, 0.2) is 4.77 Å². The van der Waals surface area contributed by atoms with Gasteiger partial charge < -0.3 is 4.42 Å². The van der Waals surface area contributed by atoms with Gasteiger partial charge in [-0.1, -0.05) is 0 Å². The summed E-state index contributed by atoms with van der Waals surface area (Å²) < 4.78 is 7.76. The Kier molecular flexibility index (Phi) is 2.20. The SMILES string of the molecule is Cc1cnc(C(C)n2cn[nH]c2=S)o1. The van der Waals surface area contributed by atoms with Crippen LogP contribution >= 0.6 is 12.2 Å². The highest BCUT2D eigenvalue weighted by atomic mass is 32.1. The number of rotatable bonds is 2. The highest BCUT2D eigenvalue weighted by molar-refractivity contribution is 7.71. The molecule has 1 unspecified atom stereocenters. The van der Waals surface area contributed by atoms with E-state index >= 15 is 0 Å². The van der Waals surface area contributed by atoms with Crippen LogP contribution < -0.4 is 0 Å². The number of aromatic amines is 1. The highest BCUT2D eigenvalue weighted by Gasteiger charge is 2.13. The molecule has 1 N–H and O–H groups in total. The van der Waals surface area contributed by atoms with Crippen LogP contribution in [0.4, 0.5) is 0 Å². The van der Waals surface area contributed by atoms with Crippen molar-refractivity contribution in [3.05, 3.63) is 28.9 Å². The van der Waals surface area contributed by atoms with E-state index in [0.717, 1.165) is 5.76 Å². The fraction of sp³-hybridized carbons (Fsp3) is 0.375. The zero-order chi connectivity index (χ0) is 10.1. The quantitative estimate of drug-likeness (QED) is 0.768. The highest BCUT2D eigenvalue weighted by Crippen LogP contribution is 2.16. The van der Waals surface area contributed by atoms with Crippen molar-refractivity contribution in [2.24, 2.45) is 0 Å². The number of aryl methyl sites for hydroxylation is 1. The first-order valence-electron chi connectivity index (χ1n) is 4.22. The van der Waals surface area contributed by atoms with Crippen molar-refractivity contribution >= 4 is 12.2 Å². The summed E-state index contributed by atoms with van der Waals surface area (Å²) in [5.41, 5.74) is 0. The first-order chi connectivity index (χ1) is 6.68. The van der Waals surface area contributed by atoms with Gasteiger partial charge in [-0.2, -0.15) is 5.10 Å².